The fourth-order valence-corrected chi connectivity index (χ4v) is 4.19. The lowest BCUT2D eigenvalue weighted by Crippen LogP contribution is -2.24. The van der Waals surface area contributed by atoms with E-state index in [1.54, 1.807) is 0 Å². The number of alkyl halides is 1. The van der Waals surface area contributed by atoms with Gasteiger partial charge in [-0.25, -0.2) is 0 Å². The predicted molar refractivity (Wildman–Crippen MR) is 53.4 cm³/mol. The van der Waals surface area contributed by atoms with Crippen molar-refractivity contribution in [3.63, 3.8) is 0 Å². The molecule has 2 aliphatic carbocycles. The third kappa shape index (κ3) is 1.07. The Balaban J connectivity index is 2.05. The summed E-state index contributed by atoms with van der Waals surface area (Å²) in [6.07, 6.45) is 6.15. The molecule has 2 rings (SSSR count). The van der Waals surface area contributed by atoms with Gasteiger partial charge in [-0.1, -0.05) is 35.7 Å². The molecule has 0 bridgehead atoms. The topological polar surface area (TPSA) is 20.2 Å². The lowest BCUT2D eigenvalue weighted by Gasteiger charge is -2.15. The standard InChI is InChI=1S/C10H17BrO/c1-2-9(12)10(11)7-5-3-4-6-8(7)10/h7-9,12H,2-6H2,1H3/t7-,8+,9?,10?. The second-order valence-electron chi connectivity index (χ2n) is 4.25. The summed E-state index contributed by atoms with van der Waals surface area (Å²) in [6, 6.07) is 0. The normalized spacial score (nSPS) is 48.2. The van der Waals surface area contributed by atoms with Crippen LogP contribution >= 0.6 is 15.9 Å². The maximum absolute atomic E-state index is 9.84. The molecule has 0 aromatic carbocycles. The van der Waals surface area contributed by atoms with Gasteiger partial charge < -0.3 is 5.11 Å². The largest absolute Gasteiger partial charge is 0.392 e. The van der Waals surface area contributed by atoms with Crippen molar-refractivity contribution < 1.29 is 5.11 Å². The van der Waals surface area contributed by atoms with E-state index in [-0.39, 0.29) is 10.4 Å². The Morgan fingerprint density at radius 1 is 1.42 bits per heavy atom. The number of hydrogen-bond donors (Lipinski definition) is 1. The first-order valence-corrected chi connectivity index (χ1v) is 5.87. The number of fused-ring (bicyclic) bond motifs is 1. The van der Waals surface area contributed by atoms with Crippen molar-refractivity contribution >= 4 is 15.9 Å². The average Bonchev–Trinajstić information content (AvgIpc) is 2.74. The summed E-state index contributed by atoms with van der Waals surface area (Å²) >= 11 is 3.76. The van der Waals surface area contributed by atoms with Crippen molar-refractivity contribution in [3.05, 3.63) is 0 Å². The van der Waals surface area contributed by atoms with Crippen molar-refractivity contribution in [2.24, 2.45) is 11.8 Å². The summed E-state index contributed by atoms with van der Waals surface area (Å²) in [5.41, 5.74) is 0. The molecule has 0 saturated heterocycles. The second-order valence-corrected chi connectivity index (χ2v) is 5.62. The van der Waals surface area contributed by atoms with Gasteiger partial charge in [0.15, 0.2) is 0 Å². The SMILES string of the molecule is CCC(O)C1(Br)[C@@H]2CCCC[C@@H]21. The van der Waals surface area contributed by atoms with Crippen LogP contribution in [0.3, 0.4) is 0 Å². The zero-order valence-corrected chi connectivity index (χ0v) is 9.18. The molecule has 0 aliphatic heterocycles. The molecule has 12 heavy (non-hydrogen) atoms. The minimum absolute atomic E-state index is 0.120. The number of aliphatic hydroxyl groups excluding tert-OH is 1. The van der Waals surface area contributed by atoms with E-state index >= 15 is 0 Å². The van der Waals surface area contributed by atoms with E-state index in [2.05, 4.69) is 22.9 Å². The Morgan fingerprint density at radius 2 is 1.92 bits per heavy atom. The Morgan fingerprint density at radius 3 is 2.33 bits per heavy atom. The molecule has 2 fully saturated rings. The maximum atomic E-state index is 9.84. The molecule has 0 radical (unpaired) electrons. The van der Waals surface area contributed by atoms with Crippen LogP contribution < -0.4 is 0 Å². The van der Waals surface area contributed by atoms with E-state index in [4.69, 9.17) is 0 Å². The summed E-state index contributed by atoms with van der Waals surface area (Å²) in [7, 11) is 0. The third-order valence-electron chi connectivity index (χ3n) is 3.69. The fraction of sp³-hybridized carbons (Fsp3) is 1.00. The Hall–Kier alpha value is 0.440. The maximum Gasteiger partial charge on any atom is 0.0696 e. The van der Waals surface area contributed by atoms with Crippen LogP contribution in [0.1, 0.15) is 39.0 Å². The number of aliphatic hydroxyl groups is 1. The molecule has 1 nitrogen and oxygen atoms in total. The van der Waals surface area contributed by atoms with Crippen LogP contribution in [0.5, 0.6) is 0 Å². The zero-order chi connectivity index (χ0) is 8.77. The summed E-state index contributed by atoms with van der Waals surface area (Å²) in [6.45, 7) is 2.07. The van der Waals surface area contributed by atoms with Crippen molar-refractivity contribution in [3.8, 4) is 0 Å². The van der Waals surface area contributed by atoms with Crippen molar-refractivity contribution in [1.82, 2.24) is 0 Å². The van der Waals surface area contributed by atoms with Crippen LogP contribution in [0.2, 0.25) is 0 Å². The predicted octanol–water partition coefficient (Wildman–Crippen LogP) is 2.71. The lowest BCUT2D eigenvalue weighted by molar-refractivity contribution is 0.153. The summed E-state index contributed by atoms with van der Waals surface area (Å²) in [5, 5.41) is 9.84. The van der Waals surface area contributed by atoms with Crippen molar-refractivity contribution in [2.45, 2.75) is 49.5 Å². The van der Waals surface area contributed by atoms with E-state index in [1.807, 2.05) is 0 Å². The summed E-state index contributed by atoms with van der Waals surface area (Å²) in [4.78, 5) is 0. The van der Waals surface area contributed by atoms with Crippen LogP contribution in [0.15, 0.2) is 0 Å². The highest BCUT2D eigenvalue weighted by molar-refractivity contribution is 9.10. The first-order chi connectivity index (χ1) is 5.71. The highest BCUT2D eigenvalue weighted by Gasteiger charge is 2.65. The number of hydrogen-bond acceptors (Lipinski definition) is 1. The van der Waals surface area contributed by atoms with E-state index in [1.165, 1.54) is 25.7 Å². The molecule has 1 N–H and O–H groups in total. The molecule has 2 aliphatic rings. The fourth-order valence-electron chi connectivity index (χ4n) is 2.90. The van der Waals surface area contributed by atoms with Gasteiger partial charge in [-0.15, -0.1) is 0 Å². The quantitative estimate of drug-likeness (QED) is 0.727. The Labute approximate surface area is 82.7 Å². The van der Waals surface area contributed by atoms with Gasteiger partial charge in [0.2, 0.25) is 0 Å². The molecule has 0 heterocycles. The molecule has 2 saturated carbocycles. The Bertz CT molecular complexity index is 169. The average molecular weight is 233 g/mol. The number of halogens is 1. The zero-order valence-electron chi connectivity index (χ0n) is 7.59. The molecule has 2 heteroatoms. The molecule has 0 amide bonds. The van der Waals surface area contributed by atoms with Gasteiger partial charge in [0.05, 0.1) is 10.4 Å². The molecule has 0 aromatic rings. The molecule has 0 aromatic heterocycles. The summed E-state index contributed by atoms with van der Waals surface area (Å²) in [5.74, 6) is 1.56. The van der Waals surface area contributed by atoms with Gasteiger partial charge in [0.25, 0.3) is 0 Å². The first kappa shape index (κ1) is 9.01. The van der Waals surface area contributed by atoms with E-state index in [0.717, 1.165) is 18.3 Å². The Kier molecular flexibility index (Phi) is 2.24. The van der Waals surface area contributed by atoms with Gasteiger partial charge >= 0.3 is 0 Å². The van der Waals surface area contributed by atoms with Gasteiger partial charge in [-0.3, -0.25) is 0 Å². The minimum Gasteiger partial charge on any atom is -0.392 e. The summed E-state index contributed by atoms with van der Waals surface area (Å²) < 4.78 is 0.123. The first-order valence-electron chi connectivity index (χ1n) is 5.08. The smallest absolute Gasteiger partial charge is 0.0696 e. The van der Waals surface area contributed by atoms with Crippen LogP contribution in [-0.2, 0) is 0 Å². The van der Waals surface area contributed by atoms with Gasteiger partial charge in [-0.2, -0.15) is 0 Å². The van der Waals surface area contributed by atoms with Crippen molar-refractivity contribution in [2.75, 3.05) is 0 Å². The van der Waals surface area contributed by atoms with Crippen LogP contribution in [0, 0.1) is 11.8 Å². The van der Waals surface area contributed by atoms with Gasteiger partial charge in [0.1, 0.15) is 0 Å². The molecular weight excluding hydrogens is 216 g/mol. The molecule has 2 unspecified atom stereocenters. The molecule has 0 spiro atoms. The third-order valence-corrected chi connectivity index (χ3v) is 5.40. The van der Waals surface area contributed by atoms with E-state index in [9.17, 15) is 5.11 Å². The molecule has 70 valence electrons. The van der Waals surface area contributed by atoms with Gasteiger partial charge in [-0.05, 0) is 31.1 Å². The van der Waals surface area contributed by atoms with Crippen LogP contribution in [0.4, 0.5) is 0 Å². The monoisotopic (exact) mass is 232 g/mol. The van der Waals surface area contributed by atoms with Gasteiger partial charge in [0, 0.05) is 0 Å². The highest BCUT2D eigenvalue weighted by Crippen LogP contribution is 2.65. The second kappa shape index (κ2) is 2.98. The van der Waals surface area contributed by atoms with Crippen LogP contribution in [-0.4, -0.2) is 15.5 Å². The van der Waals surface area contributed by atoms with E-state index in [0.29, 0.717) is 0 Å². The lowest BCUT2D eigenvalue weighted by atomic mass is 10.0. The minimum atomic E-state index is -0.120. The molecule has 4 atom stereocenters. The highest BCUT2D eigenvalue weighted by atomic mass is 79.9. The van der Waals surface area contributed by atoms with Crippen molar-refractivity contribution in [1.29, 1.82) is 0 Å². The van der Waals surface area contributed by atoms with Crippen LogP contribution in [0.25, 0.3) is 0 Å². The molecular formula is C10H17BrO. The van der Waals surface area contributed by atoms with E-state index < -0.39 is 0 Å². The number of rotatable bonds is 2.